The molecule has 4 rings (SSSR count). The molecule has 0 saturated heterocycles. The van der Waals surface area contributed by atoms with Crippen molar-refractivity contribution in [2.24, 2.45) is 22.7 Å². The van der Waals surface area contributed by atoms with E-state index in [0.29, 0.717) is 19.3 Å². The van der Waals surface area contributed by atoms with E-state index in [1.54, 1.807) is 0 Å². The molecule has 0 spiro atoms. The Hall–Kier alpha value is -3.67. The van der Waals surface area contributed by atoms with Crippen molar-refractivity contribution in [1.82, 2.24) is 0 Å². The molecular formula is C38H48O6. The summed E-state index contributed by atoms with van der Waals surface area (Å²) in [4.78, 5) is 44.7. The molecule has 1 heterocycles. The Labute approximate surface area is 261 Å². The zero-order valence-corrected chi connectivity index (χ0v) is 27.8. The number of ketones is 2. The van der Waals surface area contributed by atoms with Crippen LogP contribution in [0.4, 0.5) is 0 Å². The van der Waals surface area contributed by atoms with Gasteiger partial charge in [-0.3, -0.25) is 14.4 Å². The molecule has 6 nitrogen and oxygen atoms in total. The van der Waals surface area contributed by atoms with Crippen LogP contribution in [0.5, 0.6) is 11.5 Å². The van der Waals surface area contributed by atoms with Crippen LogP contribution in [0.25, 0.3) is 11.0 Å². The van der Waals surface area contributed by atoms with Gasteiger partial charge in [-0.2, -0.15) is 0 Å². The molecule has 2 N–H and O–H groups in total. The number of phenols is 2. The Morgan fingerprint density at radius 2 is 1.59 bits per heavy atom. The summed E-state index contributed by atoms with van der Waals surface area (Å²) in [5.41, 5.74) is -0.357. The van der Waals surface area contributed by atoms with Crippen LogP contribution < -0.4 is 5.43 Å². The summed E-state index contributed by atoms with van der Waals surface area (Å²) in [5, 5.41) is 21.1. The summed E-state index contributed by atoms with van der Waals surface area (Å²) in [6, 6.07) is 2.57. The van der Waals surface area contributed by atoms with Crippen LogP contribution in [0.15, 0.2) is 68.4 Å². The molecule has 2 aromatic rings. The van der Waals surface area contributed by atoms with Gasteiger partial charge in [-0.15, -0.1) is 0 Å². The van der Waals surface area contributed by atoms with Crippen molar-refractivity contribution < 1.29 is 24.2 Å². The third-order valence-electron chi connectivity index (χ3n) is 10.3. The lowest BCUT2D eigenvalue weighted by molar-refractivity contribution is -0.152. The molecule has 44 heavy (non-hydrogen) atoms. The number of phenolic OH excluding ortho intramolecular Hbond substituents is 2. The average molecular weight is 601 g/mol. The Kier molecular flexibility index (Phi) is 8.82. The molecule has 1 aromatic carbocycles. The maximum Gasteiger partial charge on any atom is 0.204 e. The van der Waals surface area contributed by atoms with Crippen molar-refractivity contribution >= 4 is 22.5 Å². The smallest absolute Gasteiger partial charge is 0.204 e. The van der Waals surface area contributed by atoms with E-state index in [0.717, 1.165) is 22.3 Å². The van der Waals surface area contributed by atoms with E-state index in [9.17, 15) is 19.8 Å². The number of carbonyl (C=O) groups is 2. The average Bonchev–Trinajstić information content (AvgIpc) is 2.92. The molecule has 236 valence electrons. The Morgan fingerprint density at radius 1 is 0.977 bits per heavy atom. The zero-order chi connectivity index (χ0) is 32.9. The number of carbonyl (C=O) groups excluding carboxylic acids is 2. The summed E-state index contributed by atoms with van der Waals surface area (Å²) >= 11 is 0. The summed E-state index contributed by atoms with van der Waals surface area (Å²) in [6.07, 6.45) is 8.34. The fourth-order valence-corrected chi connectivity index (χ4v) is 7.48. The van der Waals surface area contributed by atoms with E-state index < -0.39 is 39.0 Å². The van der Waals surface area contributed by atoms with Gasteiger partial charge in [-0.05, 0) is 110 Å². The van der Waals surface area contributed by atoms with Crippen molar-refractivity contribution in [1.29, 1.82) is 0 Å². The highest BCUT2D eigenvalue weighted by molar-refractivity contribution is 6.23. The van der Waals surface area contributed by atoms with E-state index in [2.05, 4.69) is 18.7 Å². The minimum Gasteiger partial charge on any atom is -0.504 e. The molecule has 1 fully saturated rings. The maximum absolute atomic E-state index is 15.4. The van der Waals surface area contributed by atoms with Gasteiger partial charge in [0, 0.05) is 0 Å². The summed E-state index contributed by atoms with van der Waals surface area (Å²) in [6.45, 7) is 22.3. The maximum atomic E-state index is 15.4. The summed E-state index contributed by atoms with van der Waals surface area (Å²) < 4.78 is 6.40. The third-order valence-corrected chi connectivity index (χ3v) is 10.3. The molecule has 2 aliphatic carbocycles. The minimum absolute atomic E-state index is 0.00194. The first-order valence-electron chi connectivity index (χ1n) is 15.6. The summed E-state index contributed by atoms with van der Waals surface area (Å²) in [5.74, 6) is -2.03. The van der Waals surface area contributed by atoms with Crippen molar-refractivity contribution in [2.75, 3.05) is 0 Å². The number of Topliss-reactive ketones (excluding diaryl/α,β-unsaturated/α-hetero) is 2. The normalized spacial score (nSPS) is 24.3. The van der Waals surface area contributed by atoms with Crippen LogP contribution in [0.2, 0.25) is 0 Å². The minimum atomic E-state index is -1.46. The molecule has 0 amide bonds. The Balaban J connectivity index is 2.19. The number of hydrogen-bond donors (Lipinski definition) is 2. The van der Waals surface area contributed by atoms with Crippen LogP contribution in [0.1, 0.15) is 111 Å². The molecular weight excluding hydrogens is 552 g/mol. The zero-order valence-electron chi connectivity index (χ0n) is 27.8. The quantitative estimate of drug-likeness (QED) is 0.169. The van der Waals surface area contributed by atoms with Crippen LogP contribution in [-0.4, -0.2) is 21.8 Å². The van der Waals surface area contributed by atoms with Gasteiger partial charge < -0.3 is 14.6 Å². The predicted octanol–water partition coefficient (Wildman–Crippen LogP) is 8.89. The van der Waals surface area contributed by atoms with Crippen LogP contribution in [-0.2, 0) is 10.2 Å². The number of rotatable bonds is 9. The van der Waals surface area contributed by atoms with Gasteiger partial charge >= 0.3 is 0 Å². The van der Waals surface area contributed by atoms with E-state index in [4.69, 9.17) is 4.42 Å². The first kappa shape index (κ1) is 33.2. The topological polar surface area (TPSA) is 105 Å². The van der Waals surface area contributed by atoms with E-state index in [1.165, 1.54) is 12.1 Å². The standard InChI is InChI=1S/C38H48O6/c1-21(2)11-13-25(24(7)8)19-37-20-26(14-12-22(3)4)36(9,10)38(35(37)43,18-17-23(5)6)34-29(33(37)42)30(40)27-15-16-28(39)31(41)32(27)44-34/h11-12,15-17,25-26,39,41H,7,13-14,18-20H2,1-6,8-10H3. The van der Waals surface area contributed by atoms with Gasteiger partial charge in [0.1, 0.15) is 11.3 Å². The number of hydrogen-bond acceptors (Lipinski definition) is 6. The lowest BCUT2D eigenvalue weighted by Gasteiger charge is -2.60. The summed E-state index contributed by atoms with van der Waals surface area (Å²) in [7, 11) is 0. The highest BCUT2D eigenvalue weighted by atomic mass is 16.4. The molecule has 1 saturated carbocycles. The van der Waals surface area contributed by atoms with Crippen LogP contribution in [0, 0.1) is 22.7 Å². The van der Waals surface area contributed by atoms with Gasteiger partial charge in [0.15, 0.2) is 22.9 Å². The van der Waals surface area contributed by atoms with Crippen molar-refractivity contribution in [3.8, 4) is 11.5 Å². The molecule has 4 unspecified atom stereocenters. The fourth-order valence-electron chi connectivity index (χ4n) is 7.48. The van der Waals surface area contributed by atoms with Gasteiger partial charge in [0.05, 0.1) is 16.2 Å². The molecule has 2 bridgehead atoms. The molecule has 2 aliphatic rings. The molecule has 4 atom stereocenters. The Bertz CT molecular complexity index is 1680. The number of fused-ring (bicyclic) bond motifs is 5. The third kappa shape index (κ3) is 5.10. The lowest BCUT2D eigenvalue weighted by Crippen LogP contribution is -2.68. The van der Waals surface area contributed by atoms with E-state index >= 15 is 4.79 Å². The van der Waals surface area contributed by atoms with Gasteiger partial charge in [0.25, 0.3) is 0 Å². The van der Waals surface area contributed by atoms with Gasteiger partial charge in [0.2, 0.25) is 11.2 Å². The predicted molar refractivity (Wildman–Crippen MR) is 176 cm³/mol. The number of allylic oxidation sites excluding steroid dienone is 7. The van der Waals surface area contributed by atoms with Crippen LogP contribution in [0.3, 0.4) is 0 Å². The van der Waals surface area contributed by atoms with E-state index in [-0.39, 0.29) is 52.8 Å². The van der Waals surface area contributed by atoms with Crippen molar-refractivity contribution in [3.05, 3.63) is 80.8 Å². The largest absolute Gasteiger partial charge is 0.504 e. The first-order valence-corrected chi connectivity index (χ1v) is 15.6. The second-order valence-corrected chi connectivity index (χ2v) is 14.5. The lowest BCUT2D eigenvalue weighted by atomic mass is 9.39. The van der Waals surface area contributed by atoms with Gasteiger partial charge in [-0.1, -0.05) is 60.9 Å². The second kappa shape index (κ2) is 11.7. The first-order chi connectivity index (χ1) is 20.4. The molecule has 1 aromatic heterocycles. The van der Waals surface area contributed by atoms with E-state index in [1.807, 2.05) is 68.4 Å². The highest BCUT2D eigenvalue weighted by Gasteiger charge is 2.72. The molecule has 0 aliphatic heterocycles. The molecule has 0 radical (unpaired) electrons. The van der Waals surface area contributed by atoms with Crippen LogP contribution >= 0.6 is 0 Å². The number of benzene rings is 1. The second-order valence-electron chi connectivity index (χ2n) is 14.5. The molecule has 6 heteroatoms. The van der Waals surface area contributed by atoms with Crippen molar-refractivity contribution in [2.45, 2.75) is 99.8 Å². The Morgan fingerprint density at radius 3 is 2.16 bits per heavy atom. The monoisotopic (exact) mass is 600 g/mol. The van der Waals surface area contributed by atoms with Crippen molar-refractivity contribution in [3.63, 3.8) is 0 Å². The van der Waals surface area contributed by atoms with Gasteiger partial charge in [-0.25, -0.2) is 0 Å². The highest BCUT2D eigenvalue weighted by Crippen LogP contribution is 2.66. The SMILES string of the molecule is C=C(C)C(CC=C(C)C)CC12CC(CC=C(C)C)C(C)(C)C(CC=C(C)C)(C1=O)c1oc3c(O)c(O)ccc3c(=O)c1C2=O. The fraction of sp³-hybridized carbons (Fsp3) is 0.500. The number of aromatic hydroxyl groups is 2.